The van der Waals surface area contributed by atoms with Gasteiger partial charge in [-0.15, -0.1) is 0 Å². The summed E-state index contributed by atoms with van der Waals surface area (Å²) in [5.74, 6) is 7.57. The minimum atomic E-state index is 0.198. The molecule has 0 aliphatic carbocycles. The Bertz CT molecular complexity index is 574. The lowest BCUT2D eigenvalue weighted by atomic mass is 10.1. The number of rotatable bonds is 4. The van der Waals surface area contributed by atoms with Gasteiger partial charge in [-0.25, -0.2) is 15.8 Å². The van der Waals surface area contributed by atoms with Gasteiger partial charge < -0.3 is 10.2 Å². The van der Waals surface area contributed by atoms with E-state index in [-0.39, 0.29) is 5.92 Å². The fourth-order valence-electron chi connectivity index (χ4n) is 1.73. The number of hydrogen-bond donors (Lipinski definition) is 2. The first-order valence-corrected chi connectivity index (χ1v) is 6.95. The van der Waals surface area contributed by atoms with Crippen molar-refractivity contribution < 1.29 is 4.74 Å². The first-order chi connectivity index (χ1) is 9.13. The summed E-state index contributed by atoms with van der Waals surface area (Å²) in [6, 6.07) is 7.78. The van der Waals surface area contributed by atoms with E-state index in [4.69, 9.17) is 10.6 Å². The number of hydrogen-bond acceptors (Lipinski definition) is 5. The van der Waals surface area contributed by atoms with E-state index in [9.17, 15) is 0 Å². The number of halogens is 1. The summed E-state index contributed by atoms with van der Waals surface area (Å²) >= 11 is 2.23. The standard InChI is InChI=1S/C13H15IN4O/c1-8(2)11-12(18-15)16-7-17-13(11)19-10-6-4-3-5-9(10)14/h3-8H,15H2,1-2H3,(H,16,17,18). The van der Waals surface area contributed by atoms with Crippen LogP contribution in [0.5, 0.6) is 11.6 Å². The van der Waals surface area contributed by atoms with Crippen LogP contribution in [0, 0.1) is 3.57 Å². The Morgan fingerprint density at radius 3 is 2.63 bits per heavy atom. The molecule has 5 nitrogen and oxygen atoms in total. The second kappa shape index (κ2) is 6.16. The average molecular weight is 370 g/mol. The van der Waals surface area contributed by atoms with Crippen LogP contribution in [0.2, 0.25) is 0 Å². The molecule has 1 aromatic heterocycles. The number of ether oxygens (including phenoxy) is 1. The van der Waals surface area contributed by atoms with Crippen molar-refractivity contribution >= 4 is 28.4 Å². The first kappa shape index (κ1) is 14.0. The van der Waals surface area contributed by atoms with Gasteiger partial charge in [-0.2, -0.15) is 0 Å². The third-order valence-corrected chi connectivity index (χ3v) is 3.50. The summed E-state index contributed by atoms with van der Waals surface area (Å²) in [5, 5.41) is 0. The van der Waals surface area contributed by atoms with E-state index in [1.165, 1.54) is 6.33 Å². The number of para-hydroxylation sites is 1. The van der Waals surface area contributed by atoms with Crippen molar-refractivity contribution in [2.75, 3.05) is 5.43 Å². The Hall–Kier alpha value is -1.41. The lowest BCUT2D eigenvalue weighted by Crippen LogP contribution is -2.13. The van der Waals surface area contributed by atoms with Crippen molar-refractivity contribution in [1.29, 1.82) is 0 Å². The Labute approximate surface area is 125 Å². The molecule has 2 aromatic rings. The van der Waals surface area contributed by atoms with Gasteiger partial charge in [-0.05, 0) is 40.6 Å². The van der Waals surface area contributed by atoms with Gasteiger partial charge in [-0.3, -0.25) is 0 Å². The second-order valence-electron chi connectivity index (χ2n) is 4.27. The van der Waals surface area contributed by atoms with Crippen LogP contribution in [-0.4, -0.2) is 9.97 Å². The molecule has 2 rings (SSSR count). The van der Waals surface area contributed by atoms with Crippen LogP contribution in [0.4, 0.5) is 5.82 Å². The lowest BCUT2D eigenvalue weighted by Gasteiger charge is -2.15. The highest BCUT2D eigenvalue weighted by molar-refractivity contribution is 14.1. The van der Waals surface area contributed by atoms with Crippen molar-refractivity contribution in [2.24, 2.45) is 5.84 Å². The number of anilines is 1. The van der Waals surface area contributed by atoms with E-state index in [1.807, 2.05) is 38.1 Å². The highest BCUT2D eigenvalue weighted by Gasteiger charge is 2.16. The van der Waals surface area contributed by atoms with E-state index in [0.29, 0.717) is 11.7 Å². The van der Waals surface area contributed by atoms with Gasteiger partial charge in [0.1, 0.15) is 12.1 Å². The second-order valence-corrected chi connectivity index (χ2v) is 5.43. The number of nitrogens with zero attached hydrogens (tertiary/aromatic N) is 2. The molecule has 0 amide bonds. The largest absolute Gasteiger partial charge is 0.437 e. The molecule has 0 spiro atoms. The summed E-state index contributed by atoms with van der Waals surface area (Å²) in [5.41, 5.74) is 3.45. The average Bonchev–Trinajstić information content (AvgIpc) is 2.40. The maximum absolute atomic E-state index is 5.89. The Morgan fingerprint density at radius 2 is 2.00 bits per heavy atom. The van der Waals surface area contributed by atoms with E-state index in [0.717, 1.165) is 14.9 Å². The van der Waals surface area contributed by atoms with Crippen molar-refractivity contribution in [2.45, 2.75) is 19.8 Å². The summed E-state index contributed by atoms with van der Waals surface area (Å²) in [6.45, 7) is 4.09. The van der Waals surface area contributed by atoms with Gasteiger partial charge >= 0.3 is 0 Å². The van der Waals surface area contributed by atoms with Crippen LogP contribution >= 0.6 is 22.6 Å². The molecule has 19 heavy (non-hydrogen) atoms. The molecule has 0 atom stereocenters. The van der Waals surface area contributed by atoms with Gasteiger partial charge in [0.2, 0.25) is 5.88 Å². The monoisotopic (exact) mass is 370 g/mol. The zero-order valence-corrected chi connectivity index (χ0v) is 12.9. The molecular formula is C13H15IN4O. The maximum atomic E-state index is 5.89. The molecule has 0 bridgehead atoms. The molecule has 6 heteroatoms. The number of nitrogens with two attached hydrogens (primary N) is 1. The van der Waals surface area contributed by atoms with Crippen LogP contribution in [0.3, 0.4) is 0 Å². The number of hydrazine groups is 1. The van der Waals surface area contributed by atoms with E-state index in [1.54, 1.807) is 0 Å². The van der Waals surface area contributed by atoms with Crippen LogP contribution in [0.25, 0.3) is 0 Å². The number of aromatic nitrogens is 2. The highest BCUT2D eigenvalue weighted by atomic mass is 127. The Kier molecular flexibility index (Phi) is 4.54. The minimum absolute atomic E-state index is 0.198. The molecule has 0 fully saturated rings. The Morgan fingerprint density at radius 1 is 1.26 bits per heavy atom. The third kappa shape index (κ3) is 3.13. The normalized spacial score (nSPS) is 10.6. The zero-order valence-electron chi connectivity index (χ0n) is 10.7. The maximum Gasteiger partial charge on any atom is 0.227 e. The van der Waals surface area contributed by atoms with E-state index >= 15 is 0 Å². The molecule has 0 unspecified atom stereocenters. The van der Waals surface area contributed by atoms with Crippen molar-refractivity contribution in [3.05, 3.63) is 39.7 Å². The first-order valence-electron chi connectivity index (χ1n) is 5.87. The van der Waals surface area contributed by atoms with Crippen LogP contribution in [0.15, 0.2) is 30.6 Å². The fourth-order valence-corrected chi connectivity index (χ4v) is 2.23. The van der Waals surface area contributed by atoms with Crippen LogP contribution < -0.4 is 16.0 Å². The number of nitrogens with one attached hydrogen (secondary N) is 1. The van der Waals surface area contributed by atoms with Gasteiger partial charge in [0, 0.05) is 0 Å². The molecule has 0 radical (unpaired) electrons. The van der Waals surface area contributed by atoms with Crippen molar-refractivity contribution in [3.63, 3.8) is 0 Å². The molecule has 100 valence electrons. The Balaban J connectivity index is 2.43. The highest BCUT2D eigenvalue weighted by Crippen LogP contribution is 2.33. The molecule has 0 saturated carbocycles. The molecule has 1 aromatic carbocycles. The summed E-state index contributed by atoms with van der Waals surface area (Å²) < 4.78 is 6.91. The predicted octanol–water partition coefficient (Wildman–Crippen LogP) is 3.28. The van der Waals surface area contributed by atoms with Crippen molar-refractivity contribution in [1.82, 2.24) is 9.97 Å². The van der Waals surface area contributed by atoms with Crippen LogP contribution in [0.1, 0.15) is 25.3 Å². The predicted molar refractivity (Wildman–Crippen MR) is 83.2 cm³/mol. The third-order valence-electron chi connectivity index (χ3n) is 2.60. The molecule has 1 heterocycles. The number of nitrogen functional groups attached to an aromatic ring is 1. The molecule has 0 saturated heterocycles. The van der Waals surface area contributed by atoms with Crippen molar-refractivity contribution in [3.8, 4) is 11.6 Å². The van der Waals surface area contributed by atoms with Gasteiger partial charge in [-0.1, -0.05) is 26.0 Å². The summed E-state index contributed by atoms with van der Waals surface area (Å²) in [7, 11) is 0. The van der Waals surface area contributed by atoms with E-state index < -0.39 is 0 Å². The van der Waals surface area contributed by atoms with Gasteiger partial charge in [0.15, 0.2) is 5.82 Å². The quantitative estimate of drug-likeness (QED) is 0.491. The number of benzene rings is 1. The fraction of sp³-hybridized carbons (Fsp3) is 0.231. The molecule has 0 aliphatic heterocycles. The molecule has 0 aliphatic rings. The SMILES string of the molecule is CC(C)c1c(NN)ncnc1Oc1ccccc1I. The zero-order chi connectivity index (χ0) is 13.8. The summed E-state index contributed by atoms with van der Waals surface area (Å²) in [4.78, 5) is 8.33. The smallest absolute Gasteiger partial charge is 0.227 e. The summed E-state index contributed by atoms with van der Waals surface area (Å²) in [6.07, 6.45) is 1.44. The molecule has 3 N–H and O–H groups in total. The molecular weight excluding hydrogens is 355 g/mol. The van der Waals surface area contributed by atoms with Gasteiger partial charge in [0.05, 0.1) is 9.13 Å². The van der Waals surface area contributed by atoms with Crippen LogP contribution in [-0.2, 0) is 0 Å². The lowest BCUT2D eigenvalue weighted by molar-refractivity contribution is 0.449. The topological polar surface area (TPSA) is 73.1 Å². The minimum Gasteiger partial charge on any atom is -0.437 e. The van der Waals surface area contributed by atoms with E-state index in [2.05, 4.69) is 38.0 Å². The van der Waals surface area contributed by atoms with Gasteiger partial charge in [0.25, 0.3) is 0 Å².